The van der Waals surface area contributed by atoms with Gasteiger partial charge >= 0.3 is 5.97 Å². The number of pyridine rings is 1. The number of rotatable bonds is 7. The van der Waals surface area contributed by atoms with Crippen LogP contribution in [0.2, 0.25) is 0 Å². The van der Waals surface area contributed by atoms with Gasteiger partial charge in [0.2, 0.25) is 0 Å². The lowest BCUT2D eigenvalue weighted by molar-refractivity contribution is 0.0535. The number of hydrogen-bond donors (Lipinski definition) is 2. The predicted octanol–water partition coefficient (Wildman–Crippen LogP) is 3.97. The second kappa shape index (κ2) is 17.3. The number of nitrogens with zero attached hydrogens (tertiary/aromatic N) is 5. The fourth-order valence-electron chi connectivity index (χ4n) is 5.35. The molecular formula is C34H49N7O3. The summed E-state index contributed by atoms with van der Waals surface area (Å²) in [4.78, 5) is 21.0. The standard InChI is InChI=1S/C22H27N3O2.C10H14O.C2H8N4/c1-17-19(4-5-20-21(17)16-27-22(20)26)7-10-25-13-11-24(12-14-25)9-6-18-3-2-8-23-15-18;1-5-9-8(4)11-6-10(9)7(2)3;1-6(4)2-5-3/h2-5,8,15H,6-7,9-14,16H2,1H3;5H,4,6H2,1-3H3;2H,3-4H2,1H3/b;9-5-;5-2-. The van der Waals surface area contributed by atoms with E-state index in [4.69, 9.17) is 15.3 Å². The van der Waals surface area contributed by atoms with E-state index in [9.17, 15) is 4.79 Å². The second-order valence-corrected chi connectivity index (χ2v) is 11.3. The minimum atomic E-state index is -0.179. The van der Waals surface area contributed by atoms with Crippen molar-refractivity contribution in [2.45, 2.75) is 47.1 Å². The second-order valence-electron chi connectivity index (χ2n) is 11.3. The van der Waals surface area contributed by atoms with Crippen molar-refractivity contribution in [3.05, 3.63) is 99.6 Å². The topological polar surface area (TPSA) is 123 Å². The number of ether oxygens (including phenoxy) is 2. The Morgan fingerprint density at radius 3 is 2.30 bits per heavy atom. The molecule has 3 aliphatic heterocycles. The molecule has 2 fully saturated rings. The van der Waals surface area contributed by atoms with Gasteiger partial charge in [0.25, 0.3) is 0 Å². The van der Waals surface area contributed by atoms with Gasteiger partial charge in [-0.25, -0.2) is 10.6 Å². The number of cyclic esters (lactones) is 1. The fraction of sp³-hybridized carbons (Fsp3) is 0.441. The Kier molecular flexibility index (Phi) is 13.6. The Morgan fingerprint density at radius 2 is 1.77 bits per heavy atom. The van der Waals surface area contributed by atoms with Crippen molar-refractivity contribution in [2.75, 3.05) is 52.9 Å². The van der Waals surface area contributed by atoms with Gasteiger partial charge in [-0.05, 0) is 74.9 Å². The Bertz CT molecular complexity index is 1340. The zero-order valence-corrected chi connectivity index (χ0v) is 27.0. The van der Waals surface area contributed by atoms with E-state index in [1.54, 1.807) is 7.05 Å². The summed E-state index contributed by atoms with van der Waals surface area (Å²) in [6, 6.07) is 8.20. The third-order valence-corrected chi connectivity index (χ3v) is 8.04. The number of nitrogens with two attached hydrogens (primary N) is 2. The quantitative estimate of drug-likeness (QED) is 0.159. The van der Waals surface area contributed by atoms with Gasteiger partial charge in [-0.1, -0.05) is 30.4 Å². The molecule has 10 nitrogen and oxygen atoms in total. The van der Waals surface area contributed by atoms with E-state index in [2.05, 4.69) is 71.3 Å². The molecule has 238 valence electrons. The van der Waals surface area contributed by atoms with Crippen LogP contribution in [-0.4, -0.2) is 85.0 Å². The highest BCUT2D eigenvalue weighted by atomic mass is 16.5. The first-order chi connectivity index (χ1) is 21.1. The normalized spacial score (nSPS) is 17.4. The van der Waals surface area contributed by atoms with E-state index in [1.807, 2.05) is 31.5 Å². The molecule has 44 heavy (non-hydrogen) atoms. The van der Waals surface area contributed by atoms with E-state index in [0.29, 0.717) is 13.2 Å². The molecule has 3 aliphatic rings. The number of allylic oxidation sites excluding steroid dienone is 3. The van der Waals surface area contributed by atoms with Gasteiger partial charge in [-0.15, -0.1) is 0 Å². The molecule has 1 aromatic carbocycles. The molecule has 2 aromatic rings. The molecular weight excluding hydrogens is 554 g/mol. The zero-order chi connectivity index (χ0) is 32.1. The smallest absolute Gasteiger partial charge is 0.338 e. The maximum atomic E-state index is 11.7. The van der Waals surface area contributed by atoms with Crippen molar-refractivity contribution in [2.24, 2.45) is 16.8 Å². The monoisotopic (exact) mass is 603 g/mol. The molecule has 4 N–H and O–H groups in total. The largest absolute Gasteiger partial charge is 0.489 e. The summed E-state index contributed by atoms with van der Waals surface area (Å²) in [6.07, 6.45) is 9.26. The molecule has 0 atom stereocenters. The average Bonchev–Trinajstić information content (AvgIpc) is 3.59. The highest BCUT2D eigenvalue weighted by Crippen LogP contribution is 2.29. The molecule has 0 saturated carbocycles. The summed E-state index contributed by atoms with van der Waals surface area (Å²) in [5, 5.41) is 4.38. The lowest BCUT2D eigenvalue weighted by atomic mass is 9.96. The predicted molar refractivity (Wildman–Crippen MR) is 177 cm³/mol. The van der Waals surface area contributed by atoms with Crippen LogP contribution in [0.3, 0.4) is 0 Å². The maximum absolute atomic E-state index is 11.7. The highest BCUT2D eigenvalue weighted by molar-refractivity contribution is 5.93. The zero-order valence-electron chi connectivity index (χ0n) is 27.0. The number of hydrazone groups is 1. The number of esters is 1. The Morgan fingerprint density at radius 1 is 1.09 bits per heavy atom. The van der Waals surface area contributed by atoms with Gasteiger partial charge in [0.15, 0.2) is 0 Å². The summed E-state index contributed by atoms with van der Waals surface area (Å²) in [5.74, 6) is 10.3. The Labute approximate surface area is 262 Å². The number of hydrogen-bond acceptors (Lipinski definition) is 9. The van der Waals surface area contributed by atoms with E-state index in [1.165, 1.54) is 44.8 Å². The van der Waals surface area contributed by atoms with Crippen LogP contribution in [0, 0.1) is 6.92 Å². The summed E-state index contributed by atoms with van der Waals surface area (Å²) in [7, 11) is 1.64. The van der Waals surface area contributed by atoms with E-state index in [-0.39, 0.29) is 5.97 Å². The number of hydrazine groups is 1. The van der Waals surface area contributed by atoms with Gasteiger partial charge in [-0.2, -0.15) is 5.10 Å². The third kappa shape index (κ3) is 10.0. The van der Waals surface area contributed by atoms with Crippen LogP contribution in [0.1, 0.15) is 53.4 Å². The lowest BCUT2D eigenvalue weighted by Gasteiger charge is -2.34. The molecule has 4 heterocycles. The average molecular weight is 604 g/mol. The van der Waals surface area contributed by atoms with Crippen LogP contribution in [-0.2, 0) is 28.9 Å². The molecule has 0 aliphatic carbocycles. The maximum Gasteiger partial charge on any atom is 0.338 e. The van der Waals surface area contributed by atoms with Crippen molar-refractivity contribution in [1.82, 2.24) is 19.8 Å². The van der Waals surface area contributed by atoms with Crippen molar-refractivity contribution in [3.63, 3.8) is 0 Å². The van der Waals surface area contributed by atoms with Crippen molar-refractivity contribution in [3.8, 4) is 0 Å². The number of carbonyl (C=O) groups is 1. The molecule has 1 aromatic heterocycles. The van der Waals surface area contributed by atoms with Crippen LogP contribution in [0.4, 0.5) is 0 Å². The SMILES string of the molecule is C=C1OCC(=C(C)C)/C1=C\C.CN(N)/C=N\N.Cc1c(CCN2CCN(CCc3cccnc3)CC2)ccc2c1COC2=O. The number of benzene rings is 1. The van der Waals surface area contributed by atoms with E-state index < -0.39 is 0 Å². The number of fused-ring (bicyclic) bond motifs is 1. The number of aromatic nitrogens is 1. The van der Waals surface area contributed by atoms with Crippen molar-refractivity contribution >= 4 is 12.3 Å². The van der Waals surface area contributed by atoms with Gasteiger partial charge in [-0.3, -0.25) is 4.98 Å². The number of carbonyl (C=O) groups excluding carboxylic acids is 1. The molecule has 10 heteroatoms. The summed E-state index contributed by atoms with van der Waals surface area (Å²) < 4.78 is 10.5. The van der Waals surface area contributed by atoms with Crippen molar-refractivity contribution < 1.29 is 14.3 Å². The van der Waals surface area contributed by atoms with Crippen LogP contribution < -0.4 is 11.7 Å². The molecule has 5 rings (SSSR count). The summed E-state index contributed by atoms with van der Waals surface area (Å²) in [5.41, 5.74) is 9.49. The minimum Gasteiger partial charge on any atom is -0.489 e. The van der Waals surface area contributed by atoms with Crippen LogP contribution in [0.5, 0.6) is 0 Å². The summed E-state index contributed by atoms with van der Waals surface area (Å²) in [6.45, 7) is 20.0. The van der Waals surface area contributed by atoms with Gasteiger partial charge < -0.3 is 30.1 Å². The molecule has 0 bridgehead atoms. The van der Waals surface area contributed by atoms with Crippen LogP contribution in [0.25, 0.3) is 0 Å². The molecule has 2 saturated heterocycles. The molecule has 0 spiro atoms. The van der Waals surface area contributed by atoms with Crippen LogP contribution in [0.15, 0.2) is 76.9 Å². The third-order valence-electron chi connectivity index (χ3n) is 8.04. The van der Waals surface area contributed by atoms with E-state index in [0.717, 1.165) is 69.0 Å². The van der Waals surface area contributed by atoms with Gasteiger partial charge in [0.05, 0.1) is 5.56 Å². The van der Waals surface area contributed by atoms with E-state index >= 15 is 0 Å². The van der Waals surface area contributed by atoms with Gasteiger partial charge in [0, 0.05) is 69.8 Å². The van der Waals surface area contributed by atoms with Crippen LogP contribution >= 0.6 is 0 Å². The first kappa shape index (κ1) is 34.5. The molecule has 0 radical (unpaired) electrons. The molecule has 0 unspecified atom stereocenters. The first-order valence-electron chi connectivity index (χ1n) is 15.1. The minimum absolute atomic E-state index is 0.179. The first-order valence-corrected chi connectivity index (χ1v) is 15.1. The summed E-state index contributed by atoms with van der Waals surface area (Å²) >= 11 is 0. The molecule has 0 amide bonds. The van der Waals surface area contributed by atoms with Crippen molar-refractivity contribution in [1.29, 1.82) is 0 Å². The fourth-order valence-corrected chi connectivity index (χ4v) is 5.35. The Hall–Kier alpha value is -3.99. The number of piperazine rings is 1. The Balaban J connectivity index is 0.000000256. The lowest BCUT2D eigenvalue weighted by Crippen LogP contribution is -2.47. The van der Waals surface area contributed by atoms with Gasteiger partial charge in [0.1, 0.15) is 25.3 Å². The highest BCUT2D eigenvalue weighted by Gasteiger charge is 2.24.